The normalized spacial score (nSPS) is 18.0. The van der Waals surface area contributed by atoms with Crippen molar-refractivity contribution in [2.45, 2.75) is 45.2 Å². The molecule has 2 amide bonds. The number of anilines is 1. The third kappa shape index (κ3) is 5.53. The van der Waals surface area contributed by atoms with E-state index >= 15 is 0 Å². The standard InChI is InChI=1S/C17H24N4O4/c1-11(2)10-15(20-16(22)14-4-3-9-18-14)17(23)19-12-5-7-13(8-6-12)21(24)25/h5-8,11,14-15,18H,3-4,9-10H2,1-2H3,(H,19,23)(H,20,22)/t14-,15-/m0/s1. The summed E-state index contributed by atoms with van der Waals surface area (Å²) in [5.74, 6) is -0.264. The van der Waals surface area contributed by atoms with Crippen molar-refractivity contribution in [2.75, 3.05) is 11.9 Å². The van der Waals surface area contributed by atoms with Crippen LogP contribution >= 0.6 is 0 Å². The second kappa shape index (κ2) is 8.57. The van der Waals surface area contributed by atoms with Crippen molar-refractivity contribution in [3.05, 3.63) is 34.4 Å². The first-order valence-corrected chi connectivity index (χ1v) is 8.46. The van der Waals surface area contributed by atoms with Gasteiger partial charge in [0, 0.05) is 17.8 Å². The highest BCUT2D eigenvalue weighted by molar-refractivity contribution is 5.97. The fourth-order valence-electron chi connectivity index (χ4n) is 2.78. The average molecular weight is 348 g/mol. The van der Waals surface area contributed by atoms with E-state index in [1.165, 1.54) is 24.3 Å². The Hall–Kier alpha value is -2.48. The van der Waals surface area contributed by atoms with E-state index in [1.807, 2.05) is 13.8 Å². The Morgan fingerprint density at radius 3 is 2.52 bits per heavy atom. The highest BCUT2D eigenvalue weighted by Gasteiger charge is 2.27. The van der Waals surface area contributed by atoms with Crippen LogP contribution in [0.4, 0.5) is 11.4 Å². The van der Waals surface area contributed by atoms with Crippen LogP contribution in [0.25, 0.3) is 0 Å². The van der Waals surface area contributed by atoms with E-state index < -0.39 is 11.0 Å². The Labute approximate surface area is 146 Å². The molecule has 0 radical (unpaired) electrons. The lowest BCUT2D eigenvalue weighted by atomic mass is 10.0. The van der Waals surface area contributed by atoms with Gasteiger partial charge in [0.05, 0.1) is 11.0 Å². The summed E-state index contributed by atoms with van der Waals surface area (Å²) in [6.07, 6.45) is 2.23. The number of hydrogen-bond acceptors (Lipinski definition) is 5. The van der Waals surface area contributed by atoms with E-state index in [0.717, 1.165) is 19.4 Å². The number of nitrogens with zero attached hydrogens (tertiary/aromatic N) is 1. The molecule has 2 atom stereocenters. The van der Waals surface area contributed by atoms with E-state index in [2.05, 4.69) is 16.0 Å². The number of amides is 2. The molecule has 3 N–H and O–H groups in total. The number of carbonyl (C=O) groups excluding carboxylic acids is 2. The lowest BCUT2D eigenvalue weighted by molar-refractivity contribution is -0.384. The topological polar surface area (TPSA) is 113 Å². The van der Waals surface area contributed by atoms with Gasteiger partial charge in [-0.05, 0) is 43.9 Å². The van der Waals surface area contributed by atoms with Gasteiger partial charge < -0.3 is 16.0 Å². The maximum atomic E-state index is 12.5. The monoisotopic (exact) mass is 348 g/mol. The van der Waals surface area contributed by atoms with Crippen molar-refractivity contribution < 1.29 is 14.5 Å². The number of non-ortho nitro benzene ring substituents is 1. The van der Waals surface area contributed by atoms with Crippen molar-refractivity contribution >= 4 is 23.2 Å². The summed E-state index contributed by atoms with van der Waals surface area (Å²) in [6, 6.07) is 4.71. The lowest BCUT2D eigenvalue weighted by Gasteiger charge is -2.22. The number of carbonyl (C=O) groups is 2. The molecule has 1 saturated heterocycles. The molecule has 8 heteroatoms. The second-order valence-corrected chi connectivity index (χ2v) is 6.63. The third-order valence-corrected chi connectivity index (χ3v) is 4.06. The third-order valence-electron chi connectivity index (χ3n) is 4.06. The molecule has 0 aromatic heterocycles. The van der Waals surface area contributed by atoms with E-state index in [1.54, 1.807) is 0 Å². The zero-order valence-corrected chi connectivity index (χ0v) is 14.5. The van der Waals surface area contributed by atoms with Crippen LogP contribution in [0.5, 0.6) is 0 Å². The van der Waals surface area contributed by atoms with Crippen molar-refractivity contribution in [3.63, 3.8) is 0 Å². The Balaban J connectivity index is 2.01. The van der Waals surface area contributed by atoms with Crippen LogP contribution < -0.4 is 16.0 Å². The summed E-state index contributed by atoms with van der Waals surface area (Å²) in [5, 5.41) is 19.3. The molecule has 0 unspecified atom stereocenters. The highest BCUT2D eigenvalue weighted by Crippen LogP contribution is 2.16. The van der Waals surface area contributed by atoms with Gasteiger partial charge in [-0.15, -0.1) is 0 Å². The minimum absolute atomic E-state index is 0.0441. The quantitative estimate of drug-likeness (QED) is 0.514. The molecule has 25 heavy (non-hydrogen) atoms. The van der Waals surface area contributed by atoms with E-state index in [-0.39, 0.29) is 29.5 Å². The van der Waals surface area contributed by atoms with Gasteiger partial charge in [0.2, 0.25) is 11.8 Å². The van der Waals surface area contributed by atoms with Crippen LogP contribution in [0.15, 0.2) is 24.3 Å². The van der Waals surface area contributed by atoms with Crippen molar-refractivity contribution in [1.29, 1.82) is 0 Å². The molecule has 0 aliphatic carbocycles. The van der Waals surface area contributed by atoms with Gasteiger partial charge in [-0.3, -0.25) is 19.7 Å². The number of hydrogen-bond donors (Lipinski definition) is 3. The maximum absolute atomic E-state index is 12.5. The van der Waals surface area contributed by atoms with Crippen LogP contribution in [-0.2, 0) is 9.59 Å². The summed E-state index contributed by atoms with van der Waals surface area (Å²) in [5.41, 5.74) is 0.412. The molecule has 1 aromatic rings. The van der Waals surface area contributed by atoms with Gasteiger partial charge in [-0.25, -0.2) is 0 Å². The fraction of sp³-hybridized carbons (Fsp3) is 0.529. The van der Waals surface area contributed by atoms with Crippen molar-refractivity contribution in [1.82, 2.24) is 10.6 Å². The minimum atomic E-state index is -0.648. The summed E-state index contributed by atoms with van der Waals surface area (Å²) in [7, 11) is 0. The number of nitro benzene ring substituents is 1. The number of nitro groups is 1. The first-order valence-electron chi connectivity index (χ1n) is 8.46. The van der Waals surface area contributed by atoms with Gasteiger partial charge in [0.15, 0.2) is 0 Å². The molecule has 1 aliphatic rings. The lowest BCUT2D eigenvalue weighted by Crippen LogP contribution is -2.50. The second-order valence-electron chi connectivity index (χ2n) is 6.63. The molecule has 1 aromatic carbocycles. The summed E-state index contributed by atoms with van der Waals surface area (Å²) in [4.78, 5) is 35.0. The van der Waals surface area contributed by atoms with Crippen molar-refractivity contribution in [2.24, 2.45) is 5.92 Å². The number of nitrogens with one attached hydrogen (secondary N) is 3. The highest BCUT2D eigenvalue weighted by atomic mass is 16.6. The predicted molar refractivity (Wildman–Crippen MR) is 94.1 cm³/mol. The number of benzene rings is 1. The molecular formula is C17H24N4O4. The molecule has 1 aliphatic heterocycles. The van der Waals surface area contributed by atoms with Gasteiger partial charge in [-0.1, -0.05) is 13.8 Å². The zero-order chi connectivity index (χ0) is 18.4. The first kappa shape index (κ1) is 18.9. The predicted octanol–water partition coefficient (Wildman–Crippen LogP) is 1.82. The largest absolute Gasteiger partial charge is 0.343 e. The molecule has 136 valence electrons. The molecule has 2 rings (SSSR count). The minimum Gasteiger partial charge on any atom is -0.343 e. The molecular weight excluding hydrogens is 324 g/mol. The summed E-state index contributed by atoms with van der Waals surface area (Å²) < 4.78 is 0. The molecule has 0 spiro atoms. The molecule has 1 fully saturated rings. The van der Waals surface area contributed by atoms with Gasteiger partial charge in [-0.2, -0.15) is 0 Å². The Bertz CT molecular complexity index is 624. The average Bonchev–Trinajstić information content (AvgIpc) is 3.08. The van der Waals surface area contributed by atoms with Crippen LogP contribution in [0.3, 0.4) is 0 Å². The van der Waals surface area contributed by atoms with Gasteiger partial charge >= 0.3 is 0 Å². The number of rotatable bonds is 7. The smallest absolute Gasteiger partial charge is 0.269 e. The molecule has 1 heterocycles. The Kier molecular flexibility index (Phi) is 6.46. The molecule has 0 saturated carbocycles. The van der Waals surface area contributed by atoms with E-state index in [0.29, 0.717) is 12.1 Å². The van der Waals surface area contributed by atoms with Crippen LogP contribution in [0.2, 0.25) is 0 Å². The first-order chi connectivity index (χ1) is 11.9. The summed E-state index contributed by atoms with van der Waals surface area (Å²) in [6.45, 7) is 4.76. The SMILES string of the molecule is CC(C)C[C@H](NC(=O)[C@@H]1CCCN1)C(=O)Nc1ccc([N+](=O)[O-])cc1. The Morgan fingerprint density at radius 2 is 2.00 bits per heavy atom. The maximum Gasteiger partial charge on any atom is 0.269 e. The van der Waals surface area contributed by atoms with Crippen LogP contribution in [0, 0.1) is 16.0 Å². The van der Waals surface area contributed by atoms with Gasteiger partial charge in [0.1, 0.15) is 6.04 Å². The fourth-order valence-corrected chi connectivity index (χ4v) is 2.78. The Morgan fingerprint density at radius 1 is 1.32 bits per heavy atom. The molecule has 0 bridgehead atoms. The van der Waals surface area contributed by atoms with Crippen LogP contribution in [-0.4, -0.2) is 35.4 Å². The van der Waals surface area contributed by atoms with E-state index in [9.17, 15) is 19.7 Å². The van der Waals surface area contributed by atoms with E-state index in [4.69, 9.17) is 0 Å². The molecule has 8 nitrogen and oxygen atoms in total. The van der Waals surface area contributed by atoms with Crippen LogP contribution in [0.1, 0.15) is 33.1 Å². The van der Waals surface area contributed by atoms with Crippen molar-refractivity contribution in [3.8, 4) is 0 Å². The zero-order valence-electron chi connectivity index (χ0n) is 14.5. The summed E-state index contributed by atoms with van der Waals surface area (Å²) >= 11 is 0. The van der Waals surface area contributed by atoms with Gasteiger partial charge in [0.25, 0.3) is 5.69 Å².